The first-order valence-corrected chi connectivity index (χ1v) is 8.32. The van der Waals surface area contributed by atoms with Crippen LogP contribution >= 0.6 is 0 Å². The molecule has 0 fully saturated rings. The van der Waals surface area contributed by atoms with Crippen molar-refractivity contribution in [2.45, 2.75) is 26.3 Å². The van der Waals surface area contributed by atoms with Crippen molar-refractivity contribution in [3.8, 4) is 11.5 Å². The summed E-state index contributed by atoms with van der Waals surface area (Å²) in [5, 5.41) is 5.58. The lowest BCUT2D eigenvalue weighted by Gasteiger charge is -2.20. The monoisotopic (exact) mass is 355 g/mol. The van der Waals surface area contributed by atoms with Crippen LogP contribution in [0.4, 0.5) is 5.69 Å². The Morgan fingerprint density at radius 1 is 0.962 bits per heavy atom. The van der Waals surface area contributed by atoms with E-state index in [2.05, 4.69) is 15.6 Å². The molecular formula is C19H21N3O4. The number of benzene rings is 1. The van der Waals surface area contributed by atoms with Gasteiger partial charge in [0.1, 0.15) is 24.6 Å². The minimum absolute atomic E-state index is 0.154. The van der Waals surface area contributed by atoms with E-state index in [4.69, 9.17) is 9.47 Å². The van der Waals surface area contributed by atoms with E-state index >= 15 is 0 Å². The van der Waals surface area contributed by atoms with Crippen LogP contribution in [0.25, 0.3) is 0 Å². The van der Waals surface area contributed by atoms with Crippen LogP contribution in [-0.2, 0) is 0 Å². The van der Waals surface area contributed by atoms with Gasteiger partial charge in [-0.25, -0.2) is 4.98 Å². The number of nitrogens with zero attached hydrogens (tertiary/aromatic N) is 1. The Morgan fingerprint density at radius 2 is 1.62 bits per heavy atom. The fourth-order valence-electron chi connectivity index (χ4n) is 2.41. The summed E-state index contributed by atoms with van der Waals surface area (Å²) in [5.74, 6) is 0.493. The Bertz CT molecular complexity index is 843. The maximum Gasteiger partial charge on any atom is 0.274 e. The van der Waals surface area contributed by atoms with E-state index in [0.717, 1.165) is 0 Å². The lowest BCUT2D eigenvalue weighted by molar-refractivity contribution is 0.0914. The molecule has 0 saturated heterocycles. The third-order valence-electron chi connectivity index (χ3n) is 3.50. The molecule has 2 aromatic rings. The summed E-state index contributed by atoms with van der Waals surface area (Å²) >= 11 is 0. The summed E-state index contributed by atoms with van der Waals surface area (Å²) in [4.78, 5) is 28.8. The predicted octanol–water partition coefficient (Wildman–Crippen LogP) is 2.63. The number of amides is 2. The zero-order valence-electron chi connectivity index (χ0n) is 15.0. The number of nitrogens with one attached hydrogen (secondary N) is 2. The molecule has 3 rings (SSSR count). The highest BCUT2D eigenvalue weighted by Crippen LogP contribution is 2.32. The van der Waals surface area contributed by atoms with Gasteiger partial charge in [0.15, 0.2) is 11.5 Å². The Labute approximate surface area is 151 Å². The molecule has 0 bridgehead atoms. The van der Waals surface area contributed by atoms with Crippen LogP contribution in [-0.4, -0.2) is 35.6 Å². The van der Waals surface area contributed by atoms with Crippen molar-refractivity contribution in [2.75, 3.05) is 18.5 Å². The van der Waals surface area contributed by atoms with Crippen LogP contribution in [0.1, 0.15) is 41.7 Å². The average molecular weight is 355 g/mol. The Kier molecular flexibility index (Phi) is 4.79. The molecule has 136 valence electrons. The number of aromatic nitrogens is 1. The van der Waals surface area contributed by atoms with Crippen LogP contribution in [0.2, 0.25) is 0 Å². The number of rotatable bonds is 3. The van der Waals surface area contributed by atoms with Gasteiger partial charge in [-0.05, 0) is 45.0 Å². The van der Waals surface area contributed by atoms with E-state index in [9.17, 15) is 9.59 Å². The van der Waals surface area contributed by atoms with Crippen LogP contribution < -0.4 is 20.1 Å². The van der Waals surface area contributed by atoms with Gasteiger partial charge in [0.2, 0.25) is 0 Å². The molecule has 2 heterocycles. The second-order valence-electron chi connectivity index (χ2n) is 6.92. The first-order valence-electron chi connectivity index (χ1n) is 8.32. The molecule has 7 heteroatoms. The molecule has 1 aromatic carbocycles. The standard InChI is InChI=1S/C19H21N3O4/c1-19(2,3)22-18(24)14-6-4-5-13(21-14)17(23)20-12-7-8-15-16(11-12)26-10-9-25-15/h4-8,11H,9-10H2,1-3H3,(H,20,23)(H,22,24). The van der Waals surface area contributed by atoms with Gasteiger partial charge in [-0.1, -0.05) is 6.07 Å². The second-order valence-corrected chi connectivity index (χ2v) is 6.92. The molecule has 1 aliphatic rings. The summed E-state index contributed by atoms with van der Waals surface area (Å²) < 4.78 is 11.0. The first kappa shape index (κ1) is 17.7. The van der Waals surface area contributed by atoms with E-state index in [-0.39, 0.29) is 22.8 Å². The number of ether oxygens (including phenoxy) is 2. The van der Waals surface area contributed by atoms with Crippen molar-refractivity contribution in [1.82, 2.24) is 10.3 Å². The van der Waals surface area contributed by atoms with Gasteiger partial charge in [0.25, 0.3) is 11.8 Å². The van der Waals surface area contributed by atoms with E-state index in [1.807, 2.05) is 20.8 Å². The van der Waals surface area contributed by atoms with Gasteiger partial charge in [-0.2, -0.15) is 0 Å². The molecule has 26 heavy (non-hydrogen) atoms. The number of pyridine rings is 1. The van der Waals surface area contributed by atoms with E-state index in [1.54, 1.807) is 36.4 Å². The molecule has 2 amide bonds. The summed E-state index contributed by atoms with van der Waals surface area (Å²) in [7, 11) is 0. The topological polar surface area (TPSA) is 89.6 Å². The Balaban J connectivity index is 1.74. The molecule has 1 aromatic heterocycles. The maximum atomic E-state index is 12.5. The average Bonchev–Trinajstić information content (AvgIpc) is 2.60. The summed E-state index contributed by atoms with van der Waals surface area (Å²) in [6.07, 6.45) is 0. The minimum Gasteiger partial charge on any atom is -0.486 e. The number of anilines is 1. The minimum atomic E-state index is -0.410. The Hall–Kier alpha value is -3.09. The van der Waals surface area contributed by atoms with E-state index < -0.39 is 5.91 Å². The zero-order valence-corrected chi connectivity index (χ0v) is 15.0. The van der Waals surface area contributed by atoms with Crippen LogP contribution in [0.3, 0.4) is 0 Å². The molecule has 1 aliphatic heterocycles. The SMILES string of the molecule is CC(C)(C)NC(=O)c1cccc(C(=O)Nc2ccc3c(c2)OCCO3)n1. The third kappa shape index (κ3) is 4.30. The van der Waals surface area contributed by atoms with E-state index in [0.29, 0.717) is 30.4 Å². The van der Waals surface area contributed by atoms with Gasteiger partial charge >= 0.3 is 0 Å². The number of hydrogen-bond donors (Lipinski definition) is 2. The molecule has 0 spiro atoms. The molecule has 7 nitrogen and oxygen atoms in total. The van der Waals surface area contributed by atoms with Crippen LogP contribution in [0.5, 0.6) is 11.5 Å². The molecule has 0 saturated carbocycles. The molecule has 0 atom stereocenters. The lowest BCUT2D eigenvalue weighted by Crippen LogP contribution is -2.41. The summed E-state index contributed by atoms with van der Waals surface area (Å²) in [6, 6.07) is 9.92. The van der Waals surface area contributed by atoms with Gasteiger partial charge in [-0.15, -0.1) is 0 Å². The quantitative estimate of drug-likeness (QED) is 0.883. The summed E-state index contributed by atoms with van der Waals surface area (Å²) in [6.45, 7) is 6.61. The first-order chi connectivity index (χ1) is 12.3. The van der Waals surface area contributed by atoms with Crippen LogP contribution in [0, 0.1) is 0 Å². The Morgan fingerprint density at radius 3 is 2.31 bits per heavy atom. The van der Waals surface area contributed by atoms with Gasteiger partial charge in [-0.3, -0.25) is 9.59 Å². The number of carbonyl (C=O) groups is 2. The normalized spacial score (nSPS) is 13.0. The summed E-state index contributed by atoms with van der Waals surface area (Å²) in [5.41, 5.74) is 0.518. The van der Waals surface area contributed by atoms with Crippen molar-refractivity contribution in [2.24, 2.45) is 0 Å². The molecule has 2 N–H and O–H groups in total. The van der Waals surface area contributed by atoms with Crippen molar-refractivity contribution in [3.63, 3.8) is 0 Å². The highest BCUT2D eigenvalue weighted by molar-refractivity contribution is 6.04. The fourth-order valence-corrected chi connectivity index (χ4v) is 2.41. The highest BCUT2D eigenvalue weighted by atomic mass is 16.6. The fraction of sp³-hybridized carbons (Fsp3) is 0.316. The zero-order chi connectivity index (χ0) is 18.7. The smallest absolute Gasteiger partial charge is 0.274 e. The number of carbonyl (C=O) groups excluding carboxylic acids is 2. The molecule has 0 radical (unpaired) electrons. The van der Waals surface area contributed by atoms with Gasteiger partial charge in [0, 0.05) is 17.3 Å². The predicted molar refractivity (Wildman–Crippen MR) is 96.8 cm³/mol. The molecular weight excluding hydrogens is 334 g/mol. The largest absolute Gasteiger partial charge is 0.486 e. The van der Waals surface area contributed by atoms with E-state index in [1.165, 1.54) is 0 Å². The molecule has 0 aliphatic carbocycles. The number of fused-ring (bicyclic) bond motifs is 1. The number of hydrogen-bond acceptors (Lipinski definition) is 5. The van der Waals surface area contributed by atoms with Gasteiger partial charge < -0.3 is 20.1 Å². The van der Waals surface area contributed by atoms with Crippen molar-refractivity contribution in [1.29, 1.82) is 0 Å². The van der Waals surface area contributed by atoms with Crippen molar-refractivity contribution < 1.29 is 19.1 Å². The maximum absolute atomic E-state index is 12.5. The van der Waals surface area contributed by atoms with Crippen molar-refractivity contribution in [3.05, 3.63) is 47.8 Å². The third-order valence-corrected chi connectivity index (χ3v) is 3.50. The molecule has 0 unspecified atom stereocenters. The van der Waals surface area contributed by atoms with Gasteiger partial charge in [0.05, 0.1) is 0 Å². The van der Waals surface area contributed by atoms with Crippen LogP contribution in [0.15, 0.2) is 36.4 Å². The lowest BCUT2D eigenvalue weighted by atomic mass is 10.1. The highest BCUT2D eigenvalue weighted by Gasteiger charge is 2.18. The second kappa shape index (κ2) is 7.03. The van der Waals surface area contributed by atoms with Crippen molar-refractivity contribution >= 4 is 17.5 Å².